The van der Waals surface area contributed by atoms with E-state index in [1.54, 1.807) is 0 Å². The molecule has 1 amide bonds. The first-order valence-corrected chi connectivity index (χ1v) is 8.17. The molecule has 0 saturated carbocycles. The van der Waals surface area contributed by atoms with Crippen molar-refractivity contribution < 1.29 is 19.4 Å². The molecule has 23 heavy (non-hydrogen) atoms. The largest absolute Gasteiger partial charge is 0.480 e. The number of carbonyl (C=O) groups is 2. The van der Waals surface area contributed by atoms with E-state index in [-0.39, 0.29) is 6.61 Å². The van der Waals surface area contributed by atoms with Crippen LogP contribution in [-0.4, -0.2) is 34.7 Å². The third kappa shape index (κ3) is 4.98. The molecule has 0 bridgehead atoms. The van der Waals surface area contributed by atoms with Crippen LogP contribution in [-0.2, 0) is 16.1 Å². The molecule has 1 fully saturated rings. The third-order valence-electron chi connectivity index (χ3n) is 4.24. The van der Waals surface area contributed by atoms with Crippen LogP contribution in [0.25, 0.3) is 0 Å². The van der Waals surface area contributed by atoms with Gasteiger partial charge in [0.25, 0.3) is 0 Å². The minimum atomic E-state index is -0.949. The van der Waals surface area contributed by atoms with E-state index in [4.69, 9.17) is 4.74 Å². The summed E-state index contributed by atoms with van der Waals surface area (Å²) >= 11 is 0. The lowest BCUT2D eigenvalue weighted by atomic mass is 9.85. The molecule has 0 aliphatic carbocycles. The number of rotatable bonds is 5. The molecule has 5 heteroatoms. The summed E-state index contributed by atoms with van der Waals surface area (Å²) in [6, 6.07) is 8.61. The summed E-state index contributed by atoms with van der Waals surface area (Å²) in [5, 5.41) is 9.45. The summed E-state index contributed by atoms with van der Waals surface area (Å²) in [7, 11) is 0. The number of aliphatic carboxylic acids is 1. The molecule has 0 radical (unpaired) electrons. The van der Waals surface area contributed by atoms with Crippen LogP contribution in [0.15, 0.2) is 30.3 Å². The zero-order valence-electron chi connectivity index (χ0n) is 13.8. The van der Waals surface area contributed by atoms with Crippen LogP contribution in [0, 0.1) is 11.8 Å². The van der Waals surface area contributed by atoms with E-state index in [9.17, 15) is 14.7 Å². The molecule has 1 aromatic rings. The number of likely N-dealkylation sites (tertiary alicyclic amines) is 1. The van der Waals surface area contributed by atoms with Crippen molar-refractivity contribution in [1.82, 2.24) is 4.90 Å². The Kier molecular flexibility index (Phi) is 6.02. The third-order valence-corrected chi connectivity index (χ3v) is 4.24. The molecule has 1 aliphatic rings. The predicted octanol–water partition coefficient (Wildman–Crippen LogP) is 3.53. The van der Waals surface area contributed by atoms with E-state index in [2.05, 4.69) is 13.8 Å². The molecular formula is C18H25NO4. The predicted molar refractivity (Wildman–Crippen MR) is 86.9 cm³/mol. The summed E-state index contributed by atoms with van der Waals surface area (Å²) < 4.78 is 5.29. The number of ether oxygens (including phenoxy) is 1. The van der Waals surface area contributed by atoms with E-state index in [0.29, 0.717) is 24.8 Å². The maximum absolute atomic E-state index is 12.3. The number of amides is 1. The van der Waals surface area contributed by atoms with Crippen molar-refractivity contribution in [2.24, 2.45) is 11.8 Å². The van der Waals surface area contributed by atoms with Crippen LogP contribution in [0.1, 0.15) is 38.7 Å². The molecule has 0 spiro atoms. The van der Waals surface area contributed by atoms with E-state index in [1.807, 2.05) is 30.3 Å². The average molecular weight is 319 g/mol. The second kappa shape index (κ2) is 7.99. The van der Waals surface area contributed by atoms with Crippen molar-refractivity contribution in [3.05, 3.63) is 35.9 Å². The molecule has 0 aromatic heterocycles. The van der Waals surface area contributed by atoms with Gasteiger partial charge >= 0.3 is 12.1 Å². The first kappa shape index (κ1) is 17.3. The number of nitrogens with zero attached hydrogens (tertiary/aromatic N) is 1. The first-order valence-electron chi connectivity index (χ1n) is 8.17. The van der Waals surface area contributed by atoms with Gasteiger partial charge in [-0.25, -0.2) is 9.59 Å². The quantitative estimate of drug-likeness (QED) is 0.901. The Bertz CT molecular complexity index is 529. The van der Waals surface area contributed by atoms with Crippen molar-refractivity contribution in [3.63, 3.8) is 0 Å². The zero-order valence-corrected chi connectivity index (χ0v) is 13.8. The van der Waals surface area contributed by atoms with Crippen LogP contribution < -0.4 is 0 Å². The van der Waals surface area contributed by atoms with E-state index < -0.39 is 18.1 Å². The molecule has 2 atom stereocenters. The number of benzene rings is 1. The Morgan fingerprint density at radius 1 is 1.30 bits per heavy atom. The molecule has 1 heterocycles. The highest BCUT2D eigenvalue weighted by atomic mass is 16.6. The lowest BCUT2D eigenvalue weighted by Crippen LogP contribution is -2.50. The zero-order chi connectivity index (χ0) is 16.8. The topological polar surface area (TPSA) is 66.8 Å². The number of hydrogen-bond donors (Lipinski definition) is 1. The van der Waals surface area contributed by atoms with Crippen molar-refractivity contribution in [2.75, 3.05) is 6.54 Å². The van der Waals surface area contributed by atoms with Gasteiger partial charge < -0.3 is 9.84 Å². The second-order valence-corrected chi connectivity index (χ2v) is 6.61. The van der Waals surface area contributed by atoms with Gasteiger partial charge in [0.15, 0.2) is 0 Å². The Labute approximate surface area is 137 Å². The summed E-state index contributed by atoms with van der Waals surface area (Å²) in [5.74, 6) is -0.0598. The summed E-state index contributed by atoms with van der Waals surface area (Å²) in [4.78, 5) is 25.1. The Hall–Kier alpha value is -2.04. The smallest absolute Gasteiger partial charge is 0.410 e. The summed E-state index contributed by atoms with van der Waals surface area (Å²) in [6.45, 7) is 4.88. The van der Waals surface area contributed by atoms with Gasteiger partial charge in [0.05, 0.1) is 0 Å². The maximum Gasteiger partial charge on any atom is 0.410 e. The van der Waals surface area contributed by atoms with Gasteiger partial charge in [-0.15, -0.1) is 0 Å². The Balaban J connectivity index is 1.94. The lowest BCUT2D eigenvalue weighted by Gasteiger charge is -2.37. The fourth-order valence-electron chi connectivity index (χ4n) is 3.17. The molecule has 0 unspecified atom stereocenters. The summed E-state index contributed by atoms with van der Waals surface area (Å²) in [6.07, 6.45) is 1.80. The van der Waals surface area contributed by atoms with Gasteiger partial charge in [-0.2, -0.15) is 0 Å². The standard InChI is InChI=1S/C18H25NO4/c1-13(2)10-15-8-9-19(16(11-15)17(20)21)18(22)23-12-14-6-4-3-5-7-14/h3-7,13,15-16H,8-12H2,1-2H3,(H,20,21)/t15-,16-/m0/s1. The fourth-order valence-corrected chi connectivity index (χ4v) is 3.17. The van der Waals surface area contributed by atoms with Crippen molar-refractivity contribution in [2.45, 2.75) is 45.8 Å². The fraction of sp³-hybridized carbons (Fsp3) is 0.556. The number of hydrogen-bond acceptors (Lipinski definition) is 3. The number of piperidine rings is 1. The SMILES string of the molecule is CC(C)C[C@@H]1CCN(C(=O)OCc2ccccc2)[C@H](C(=O)O)C1. The highest BCUT2D eigenvalue weighted by Gasteiger charge is 2.37. The molecule has 1 aromatic carbocycles. The normalized spacial score (nSPS) is 21.3. The Morgan fingerprint density at radius 3 is 2.61 bits per heavy atom. The molecule has 1 aliphatic heterocycles. The first-order chi connectivity index (χ1) is 11.0. The molecule has 1 N–H and O–H groups in total. The second-order valence-electron chi connectivity index (χ2n) is 6.61. The lowest BCUT2D eigenvalue weighted by molar-refractivity contribution is -0.144. The monoisotopic (exact) mass is 319 g/mol. The number of carboxylic acids is 1. The van der Waals surface area contributed by atoms with Crippen molar-refractivity contribution in [3.8, 4) is 0 Å². The molecule has 2 rings (SSSR count). The van der Waals surface area contributed by atoms with E-state index in [1.165, 1.54) is 4.90 Å². The van der Waals surface area contributed by atoms with Crippen LogP contribution >= 0.6 is 0 Å². The molecule has 5 nitrogen and oxygen atoms in total. The highest BCUT2D eigenvalue weighted by Crippen LogP contribution is 2.29. The maximum atomic E-state index is 12.3. The number of carbonyl (C=O) groups excluding carboxylic acids is 1. The minimum Gasteiger partial charge on any atom is -0.480 e. The van der Waals surface area contributed by atoms with Gasteiger partial charge in [-0.1, -0.05) is 44.2 Å². The van der Waals surface area contributed by atoms with Crippen LogP contribution in [0.4, 0.5) is 4.79 Å². The van der Waals surface area contributed by atoms with E-state index >= 15 is 0 Å². The van der Waals surface area contributed by atoms with Crippen LogP contribution in [0.5, 0.6) is 0 Å². The van der Waals surface area contributed by atoms with Crippen molar-refractivity contribution in [1.29, 1.82) is 0 Å². The van der Waals surface area contributed by atoms with Crippen molar-refractivity contribution >= 4 is 12.1 Å². The van der Waals surface area contributed by atoms with Gasteiger partial charge in [-0.3, -0.25) is 4.90 Å². The minimum absolute atomic E-state index is 0.165. The molecule has 126 valence electrons. The average Bonchev–Trinajstić information content (AvgIpc) is 2.53. The Morgan fingerprint density at radius 2 is 2.00 bits per heavy atom. The van der Waals surface area contributed by atoms with Gasteiger partial charge in [0.1, 0.15) is 12.6 Å². The molecule has 1 saturated heterocycles. The van der Waals surface area contributed by atoms with Gasteiger partial charge in [0.2, 0.25) is 0 Å². The highest BCUT2D eigenvalue weighted by molar-refractivity contribution is 5.80. The van der Waals surface area contributed by atoms with Gasteiger partial charge in [0, 0.05) is 6.54 Å². The van der Waals surface area contributed by atoms with E-state index in [0.717, 1.165) is 18.4 Å². The van der Waals surface area contributed by atoms with Crippen LogP contribution in [0.3, 0.4) is 0 Å². The number of carboxylic acid groups (broad SMARTS) is 1. The molecular weight excluding hydrogens is 294 g/mol. The van der Waals surface area contributed by atoms with Crippen LogP contribution in [0.2, 0.25) is 0 Å². The van der Waals surface area contributed by atoms with Gasteiger partial charge in [-0.05, 0) is 36.7 Å². The summed E-state index contributed by atoms with van der Waals surface area (Å²) in [5.41, 5.74) is 0.891.